The molecule has 0 aliphatic carbocycles. The van der Waals surface area contributed by atoms with E-state index in [1.807, 2.05) is 36.4 Å². The number of fused-ring (bicyclic) bond motifs is 2. The number of aliphatic hydroxyl groups is 1. The minimum Gasteiger partial charge on any atom is -0.491 e. The molecule has 2 heterocycles. The standard InChI is InChI=1S/C19H19N3O4/c23-13(10-20-19-22-16-3-1-2-4-17(16)26-19)11-25-14-6-7-15-12(9-14)5-8-18(24)21-15/h1-4,6-7,9,13,23H,5,8,10-11H2,(H,20,22)(H,21,24). The molecule has 0 bridgehead atoms. The second-order valence-corrected chi connectivity index (χ2v) is 6.20. The number of rotatable bonds is 6. The highest BCUT2D eigenvalue weighted by Gasteiger charge is 2.15. The Balaban J connectivity index is 1.30. The maximum Gasteiger partial charge on any atom is 0.295 e. The predicted molar refractivity (Wildman–Crippen MR) is 97.4 cm³/mol. The number of para-hydroxylation sites is 2. The van der Waals surface area contributed by atoms with E-state index in [4.69, 9.17) is 9.15 Å². The second-order valence-electron chi connectivity index (χ2n) is 6.20. The Morgan fingerprint density at radius 1 is 1.27 bits per heavy atom. The fourth-order valence-electron chi connectivity index (χ4n) is 2.85. The van der Waals surface area contributed by atoms with Crippen LogP contribution in [0.5, 0.6) is 5.75 Å². The van der Waals surface area contributed by atoms with E-state index in [-0.39, 0.29) is 19.1 Å². The van der Waals surface area contributed by atoms with Gasteiger partial charge in [-0.2, -0.15) is 4.98 Å². The third-order valence-electron chi connectivity index (χ3n) is 4.20. The first-order valence-corrected chi connectivity index (χ1v) is 8.50. The van der Waals surface area contributed by atoms with E-state index < -0.39 is 6.10 Å². The van der Waals surface area contributed by atoms with Crippen molar-refractivity contribution in [1.29, 1.82) is 0 Å². The molecule has 2 aromatic carbocycles. The number of oxazole rings is 1. The van der Waals surface area contributed by atoms with E-state index in [0.29, 0.717) is 30.2 Å². The van der Waals surface area contributed by atoms with Gasteiger partial charge in [0.25, 0.3) is 6.01 Å². The molecule has 3 N–H and O–H groups in total. The minimum atomic E-state index is -0.722. The molecule has 1 unspecified atom stereocenters. The Morgan fingerprint density at radius 2 is 2.15 bits per heavy atom. The van der Waals surface area contributed by atoms with Crippen molar-refractivity contribution in [1.82, 2.24) is 4.98 Å². The van der Waals surface area contributed by atoms with Crippen LogP contribution in [0, 0.1) is 0 Å². The van der Waals surface area contributed by atoms with Crippen LogP contribution in [0.15, 0.2) is 46.9 Å². The van der Waals surface area contributed by atoms with Gasteiger partial charge in [-0.05, 0) is 42.3 Å². The van der Waals surface area contributed by atoms with Crippen LogP contribution in [0.3, 0.4) is 0 Å². The van der Waals surface area contributed by atoms with Gasteiger partial charge in [0.2, 0.25) is 5.91 Å². The summed E-state index contributed by atoms with van der Waals surface area (Å²) in [6, 6.07) is 13.3. The number of benzene rings is 2. The lowest BCUT2D eigenvalue weighted by molar-refractivity contribution is -0.116. The normalized spacial score (nSPS) is 14.6. The lowest BCUT2D eigenvalue weighted by atomic mass is 10.0. The van der Waals surface area contributed by atoms with Crippen molar-refractivity contribution in [3.05, 3.63) is 48.0 Å². The topological polar surface area (TPSA) is 96.6 Å². The molecular weight excluding hydrogens is 334 g/mol. The number of nitrogens with zero attached hydrogens (tertiary/aromatic N) is 1. The molecule has 1 amide bonds. The SMILES string of the molecule is O=C1CCc2cc(OCC(O)CNc3nc4ccccc4o3)ccc2N1. The van der Waals surface area contributed by atoms with E-state index in [1.54, 1.807) is 6.07 Å². The smallest absolute Gasteiger partial charge is 0.295 e. The summed E-state index contributed by atoms with van der Waals surface area (Å²) in [4.78, 5) is 15.7. The summed E-state index contributed by atoms with van der Waals surface area (Å²) < 4.78 is 11.2. The van der Waals surface area contributed by atoms with E-state index in [0.717, 1.165) is 16.8 Å². The molecule has 7 nitrogen and oxygen atoms in total. The number of amides is 1. The summed E-state index contributed by atoms with van der Waals surface area (Å²) in [6.45, 7) is 0.395. The van der Waals surface area contributed by atoms with Gasteiger partial charge >= 0.3 is 0 Å². The number of hydrogen-bond donors (Lipinski definition) is 3. The van der Waals surface area contributed by atoms with Gasteiger partial charge in [0.1, 0.15) is 24.0 Å². The van der Waals surface area contributed by atoms with Crippen LogP contribution in [-0.4, -0.2) is 35.3 Å². The van der Waals surface area contributed by atoms with Crippen LogP contribution in [0.25, 0.3) is 11.1 Å². The number of hydrogen-bond acceptors (Lipinski definition) is 6. The molecule has 0 fully saturated rings. The highest BCUT2D eigenvalue weighted by molar-refractivity contribution is 5.94. The van der Waals surface area contributed by atoms with Crippen molar-refractivity contribution < 1.29 is 19.1 Å². The quantitative estimate of drug-likeness (QED) is 0.630. The summed E-state index contributed by atoms with van der Waals surface area (Å²) in [6.07, 6.45) is 0.453. The number of ether oxygens (including phenoxy) is 1. The highest BCUT2D eigenvalue weighted by Crippen LogP contribution is 2.26. The molecule has 1 aromatic heterocycles. The molecule has 134 valence electrons. The molecule has 4 rings (SSSR count). The number of aliphatic hydroxyl groups excluding tert-OH is 1. The molecular formula is C19H19N3O4. The van der Waals surface area contributed by atoms with Crippen LogP contribution in [0.2, 0.25) is 0 Å². The molecule has 0 spiro atoms. The zero-order valence-corrected chi connectivity index (χ0v) is 14.1. The maximum atomic E-state index is 11.4. The molecule has 1 aliphatic rings. The number of carbonyl (C=O) groups excluding carboxylic acids is 1. The van der Waals surface area contributed by atoms with Crippen molar-refractivity contribution >= 4 is 28.7 Å². The van der Waals surface area contributed by atoms with Gasteiger partial charge in [0, 0.05) is 18.7 Å². The van der Waals surface area contributed by atoms with Crippen LogP contribution in [0.1, 0.15) is 12.0 Å². The van der Waals surface area contributed by atoms with Gasteiger partial charge in [-0.1, -0.05) is 12.1 Å². The average Bonchev–Trinajstić information content (AvgIpc) is 3.07. The molecule has 0 saturated heterocycles. The Labute approximate surface area is 150 Å². The summed E-state index contributed by atoms with van der Waals surface area (Å²) >= 11 is 0. The van der Waals surface area contributed by atoms with Gasteiger partial charge in [-0.25, -0.2) is 0 Å². The zero-order valence-electron chi connectivity index (χ0n) is 14.1. The first kappa shape index (κ1) is 16.4. The predicted octanol–water partition coefficient (Wildman–Crippen LogP) is 2.56. The fourth-order valence-corrected chi connectivity index (χ4v) is 2.85. The number of aryl methyl sites for hydroxylation is 1. The fraction of sp³-hybridized carbons (Fsp3) is 0.263. The van der Waals surface area contributed by atoms with Crippen molar-refractivity contribution in [3.63, 3.8) is 0 Å². The van der Waals surface area contributed by atoms with Crippen LogP contribution < -0.4 is 15.4 Å². The lowest BCUT2D eigenvalue weighted by Gasteiger charge is -2.18. The largest absolute Gasteiger partial charge is 0.491 e. The maximum absolute atomic E-state index is 11.4. The van der Waals surface area contributed by atoms with E-state index in [9.17, 15) is 9.90 Å². The van der Waals surface area contributed by atoms with Gasteiger partial charge < -0.3 is 24.9 Å². The summed E-state index contributed by atoms with van der Waals surface area (Å²) in [5.41, 5.74) is 3.33. The third kappa shape index (κ3) is 3.62. The number of nitrogens with one attached hydrogen (secondary N) is 2. The first-order valence-electron chi connectivity index (χ1n) is 8.50. The van der Waals surface area contributed by atoms with E-state index >= 15 is 0 Å². The Hall–Kier alpha value is -3.06. The Morgan fingerprint density at radius 3 is 3.04 bits per heavy atom. The van der Waals surface area contributed by atoms with Crippen molar-refractivity contribution in [2.75, 3.05) is 23.8 Å². The minimum absolute atomic E-state index is 0.0341. The lowest BCUT2D eigenvalue weighted by Crippen LogP contribution is -2.26. The summed E-state index contributed by atoms with van der Waals surface area (Å²) in [7, 11) is 0. The van der Waals surface area contributed by atoms with Crippen molar-refractivity contribution in [3.8, 4) is 5.75 Å². The molecule has 0 saturated carbocycles. The van der Waals surface area contributed by atoms with Gasteiger partial charge in [-0.3, -0.25) is 4.79 Å². The van der Waals surface area contributed by atoms with E-state index in [1.165, 1.54) is 0 Å². The van der Waals surface area contributed by atoms with Gasteiger partial charge in [0.05, 0.1) is 0 Å². The Bertz CT molecular complexity index is 904. The Kier molecular flexibility index (Phi) is 4.45. The second kappa shape index (κ2) is 7.05. The monoisotopic (exact) mass is 353 g/mol. The molecule has 1 aliphatic heterocycles. The van der Waals surface area contributed by atoms with Crippen molar-refractivity contribution in [2.24, 2.45) is 0 Å². The van der Waals surface area contributed by atoms with Crippen LogP contribution >= 0.6 is 0 Å². The summed E-state index contributed by atoms with van der Waals surface area (Å²) in [5.74, 6) is 0.702. The average molecular weight is 353 g/mol. The van der Waals surface area contributed by atoms with Gasteiger partial charge in [-0.15, -0.1) is 0 Å². The van der Waals surface area contributed by atoms with E-state index in [2.05, 4.69) is 15.6 Å². The van der Waals surface area contributed by atoms with Crippen molar-refractivity contribution in [2.45, 2.75) is 18.9 Å². The molecule has 26 heavy (non-hydrogen) atoms. The first-order chi connectivity index (χ1) is 12.7. The molecule has 0 radical (unpaired) electrons. The van der Waals surface area contributed by atoms with Crippen LogP contribution in [0.4, 0.5) is 11.7 Å². The number of anilines is 2. The number of carbonyl (C=O) groups is 1. The van der Waals surface area contributed by atoms with Crippen LogP contribution in [-0.2, 0) is 11.2 Å². The van der Waals surface area contributed by atoms with Gasteiger partial charge in [0.15, 0.2) is 5.58 Å². The molecule has 1 atom stereocenters. The number of aromatic nitrogens is 1. The third-order valence-corrected chi connectivity index (χ3v) is 4.20. The zero-order chi connectivity index (χ0) is 17.9. The summed E-state index contributed by atoms with van der Waals surface area (Å²) in [5, 5.41) is 15.9. The highest BCUT2D eigenvalue weighted by atomic mass is 16.5. The molecule has 3 aromatic rings. The molecule has 7 heteroatoms.